The molecule has 1 fully saturated rings. The SMILES string of the molecule is O=S(=O)(NC1CCN(c2ncccc2C(F)(F)F)CC1)c1ccc(Cl)c(Cl)c1. The standard InChI is InChI=1S/C17H16Cl2F3N3O2S/c18-14-4-3-12(10-15(14)19)28(26,27)24-11-5-8-25(9-6-11)16-13(17(20,21)22)2-1-7-23-16/h1-4,7,10-11,24H,5-6,8-9H2. The summed E-state index contributed by atoms with van der Waals surface area (Å²) in [5.74, 6) is -0.138. The summed E-state index contributed by atoms with van der Waals surface area (Å²) in [5.41, 5.74) is -0.801. The van der Waals surface area contributed by atoms with Crippen molar-refractivity contribution in [3.05, 3.63) is 52.1 Å². The maximum atomic E-state index is 13.2. The van der Waals surface area contributed by atoms with Gasteiger partial charge in [-0.3, -0.25) is 0 Å². The van der Waals surface area contributed by atoms with Crippen LogP contribution in [0.5, 0.6) is 0 Å². The molecule has 0 spiro atoms. The lowest BCUT2D eigenvalue weighted by Crippen LogP contribution is -2.45. The number of halogens is 5. The Morgan fingerprint density at radius 1 is 1.11 bits per heavy atom. The maximum Gasteiger partial charge on any atom is 0.419 e. The lowest BCUT2D eigenvalue weighted by molar-refractivity contribution is -0.137. The van der Waals surface area contributed by atoms with E-state index < -0.39 is 27.8 Å². The monoisotopic (exact) mass is 453 g/mol. The molecule has 1 N–H and O–H groups in total. The maximum absolute atomic E-state index is 13.2. The molecule has 1 aliphatic rings. The minimum Gasteiger partial charge on any atom is -0.356 e. The number of sulfonamides is 1. The predicted octanol–water partition coefficient (Wildman–Crippen LogP) is 4.35. The molecule has 3 rings (SSSR count). The topological polar surface area (TPSA) is 62.3 Å². The summed E-state index contributed by atoms with van der Waals surface area (Å²) >= 11 is 11.7. The summed E-state index contributed by atoms with van der Waals surface area (Å²) in [6.45, 7) is 0.489. The number of nitrogens with one attached hydrogen (secondary N) is 1. The molecule has 1 saturated heterocycles. The van der Waals surface area contributed by atoms with Gasteiger partial charge >= 0.3 is 6.18 Å². The van der Waals surface area contributed by atoms with Crippen molar-refractivity contribution in [2.45, 2.75) is 30.0 Å². The van der Waals surface area contributed by atoms with Crippen LogP contribution in [0.4, 0.5) is 19.0 Å². The molecular weight excluding hydrogens is 438 g/mol. The van der Waals surface area contributed by atoms with Gasteiger partial charge in [0.05, 0.1) is 20.5 Å². The molecule has 0 atom stereocenters. The largest absolute Gasteiger partial charge is 0.419 e. The van der Waals surface area contributed by atoms with E-state index in [2.05, 4.69) is 9.71 Å². The van der Waals surface area contributed by atoms with E-state index in [9.17, 15) is 21.6 Å². The van der Waals surface area contributed by atoms with Crippen molar-refractivity contribution in [1.82, 2.24) is 9.71 Å². The fourth-order valence-corrected chi connectivity index (χ4v) is 4.70. The van der Waals surface area contributed by atoms with Gasteiger partial charge in [-0.15, -0.1) is 0 Å². The van der Waals surface area contributed by atoms with Crippen LogP contribution in [0.15, 0.2) is 41.4 Å². The zero-order valence-electron chi connectivity index (χ0n) is 14.4. The summed E-state index contributed by atoms with van der Waals surface area (Å²) in [6, 6.07) is 5.81. The van der Waals surface area contributed by atoms with Gasteiger partial charge in [0.1, 0.15) is 5.82 Å². The molecule has 1 aliphatic heterocycles. The lowest BCUT2D eigenvalue weighted by atomic mass is 10.1. The Kier molecular flexibility index (Phi) is 6.09. The minimum absolute atomic E-state index is 0.0200. The zero-order valence-corrected chi connectivity index (χ0v) is 16.7. The van der Waals surface area contributed by atoms with Gasteiger partial charge < -0.3 is 4.90 Å². The molecule has 0 unspecified atom stereocenters. The quantitative estimate of drug-likeness (QED) is 0.746. The minimum atomic E-state index is -4.50. The molecule has 0 saturated carbocycles. The molecule has 0 amide bonds. The third-order valence-corrected chi connectivity index (χ3v) is 6.67. The van der Waals surface area contributed by atoms with Crippen molar-refractivity contribution in [3.63, 3.8) is 0 Å². The molecule has 2 aromatic rings. The van der Waals surface area contributed by atoms with Crippen LogP contribution in [0.3, 0.4) is 0 Å². The highest BCUT2D eigenvalue weighted by Crippen LogP contribution is 2.36. The van der Waals surface area contributed by atoms with Crippen molar-refractivity contribution in [2.75, 3.05) is 18.0 Å². The van der Waals surface area contributed by atoms with E-state index >= 15 is 0 Å². The lowest BCUT2D eigenvalue weighted by Gasteiger charge is -2.34. The molecule has 0 aliphatic carbocycles. The number of pyridine rings is 1. The van der Waals surface area contributed by atoms with Gasteiger partial charge in [0, 0.05) is 25.3 Å². The number of rotatable bonds is 4. The molecule has 11 heteroatoms. The number of aromatic nitrogens is 1. The number of piperidine rings is 1. The van der Waals surface area contributed by atoms with E-state index in [1.54, 1.807) is 0 Å². The number of nitrogens with zero attached hydrogens (tertiary/aromatic N) is 2. The first-order valence-electron chi connectivity index (χ1n) is 8.32. The van der Waals surface area contributed by atoms with Crippen LogP contribution in [0, 0.1) is 0 Å². The van der Waals surface area contributed by atoms with Gasteiger partial charge in [0.25, 0.3) is 0 Å². The van der Waals surface area contributed by atoms with Gasteiger partial charge in [-0.2, -0.15) is 13.2 Å². The fraction of sp³-hybridized carbons (Fsp3) is 0.353. The second kappa shape index (κ2) is 8.06. The molecule has 0 radical (unpaired) electrons. The third kappa shape index (κ3) is 4.71. The Morgan fingerprint density at radius 2 is 1.79 bits per heavy atom. The van der Waals surface area contributed by atoms with Gasteiger partial charge in [-0.05, 0) is 43.2 Å². The van der Waals surface area contributed by atoms with Crippen molar-refractivity contribution < 1.29 is 21.6 Å². The van der Waals surface area contributed by atoms with Gasteiger partial charge in [-0.25, -0.2) is 18.1 Å². The van der Waals surface area contributed by atoms with Crippen molar-refractivity contribution in [3.8, 4) is 0 Å². The van der Waals surface area contributed by atoms with Crippen molar-refractivity contribution in [2.24, 2.45) is 0 Å². The van der Waals surface area contributed by atoms with Crippen molar-refractivity contribution in [1.29, 1.82) is 0 Å². The Bertz CT molecular complexity index is 962. The molecule has 5 nitrogen and oxygen atoms in total. The number of alkyl halides is 3. The smallest absolute Gasteiger partial charge is 0.356 e. The first kappa shape index (κ1) is 21.2. The highest BCUT2D eigenvalue weighted by Gasteiger charge is 2.36. The average molecular weight is 454 g/mol. The number of benzene rings is 1. The van der Waals surface area contributed by atoms with Crippen LogP contribution >= 0.6 is 23.2 Å². The molecule has 28 heavy (non-hydrogen) atoms. The van der Waals surface area contributed by atoms with E-state index in [-0.39, 0.29) is 33.8 Å². The second-order valence-corrected chi connectivity index (χ2v) is 8.86. The first-order chi connectivity index (χ1) is 13.1. The van der Waals surface area contributed by atoms with Crippen LogP contribution in [-0.4, -0.2) is 32.5 Å². The van der Waals surface area contributed by atoms with Gasteiger partial charge in [0.15, 0.2) is 0 Å². The van der Waals surface area contributed by atoms with E-state index in [0.717, 1.165) is 6.07 Å². The summed E-state index contributed by atoms with van der Waals surface area (Å²) in [6.07, 6.45) is -2.51. The van der Waals surface area contributed by atoms with Crippen LogP contribution in [-0.2, 0) is 16.2 Å². The summed E-state index contributed by atoms with van der Waals surface area (Å²) < 4.78 is 67.1. The summed E-state index contributed by atoms with van der Waals surface area (Å²) in [5, 5.41) is 0.360. The van der Waals surface area contributed by atoms with E-state index in [4.69, 9.17) is 23.2 Å². The summed E-state index contributed by atoms with van der Waals surface area (Å²) in [4.78, 5) is 5.37. The molecule has 0 bridgehead atoms. The highest BCUT2D eigenvalue weighted by atomic mass is 35.5. The normalized spacial score (nSPS) is 16.4. The highest BCUT2D eigenvalue weighted by molar-refractivity contribution is 7.89. The van der Waals surface area contributed by atoms with Gasteiger partial charge in [0.2, 0.25) is 10.0 Å². The second-order valence-electron chi connectivity index (χ2n) is 6.33. The molecular formula is C17H16Cl2F3N3O2S. The Balaban J connectivity index is 1.69. The Labute approximate surface area is 170 Å². The number of hydrogen-bond acceptors (Lipinski definition) is 4. The Morgan fingerprint density at radius 3 is 2.39 bits per heavy atom. The van der Waals surface area contributed by atoms with Crippen molar-refractivity contribution >= 4 is 39.0 Å². The zero-order chi connectivity index (χ0) is 20.5. The third-order valence-electron chi connectivity index (χ3n) is 4.41. The molecule has 1 aromatic heterocycles. The average Bonchev–Trinajstić information content (AvgIpc) is 2.63. The predicted molar refractivity (Wildman–Crippen MR) is 101 cm³/mol. The van der Waals surface area contributed by atoms with Crippen LogP contribution in [0.25, 0.3) is 0 Å². The van der Waals surface area contributed by atoms with E-state index in [1.165, 1.54) is 35.4 Å². The number of anilines is 1. The fourth-order valence-electron chi connectivity index (χ4n) is 3.01. The van der Waals surface area contributed by atoms with Crippen LogP contribution in [0.1, 0.15) is 18.4 Å². The van der Waals surface area contributed by atoms with Crippen LogP contribution < -0.4 is 9.62 Å². The van der Waals surface area contributed by atoms with Crippen LogP contribution in [0.2, 0.25) is 10.0 Å². The first-order valence-corrected chi connectivity index (χ1v) is 10.6. The van der Waals surface area contributed by atoms with E-state index in [0.29, 0.717) is 12.8 Å². The van der Waals surface area contributed by atoms with E-state index in [1.807, 2.05) is 0 Å². The number of hydrogen-bond donors (Lipinski definition) is 1. The summed E-state index contributed by atoms with van der Waals surface area (Å²) in [7, 11) is -3.82. The molecule has 2 heterocycles. The molecule has 152 valence electrons. The van der Waals surface area contributed by atoms with Gasteiger partial charge in [-0.1, -0.05) is 23.2 Å². The Hall–Kier alpha value is -1.55. The molecule has 1 aromatic carbocycles.